The van der Waals surface area contributed by atoms with Crippen molar-refractivity contribution in [1.82, 2.24) is 0 Å². The highest BCUT2D eigenvalue weighted by Gasteiger charge is 2.03. The molecule has 0 saturated heterocycles. The summed E-state index contributed by atoms with van der Waals surface area (Å²) >= 11 is 3.29. The zero-order valence-electron chi connectivity index (χ0n) is 10.4. The molecule has 0 bridgehead atoms. The van der Waals surface area contributed by atoms with Crippen molar-refractivity contribution in [3.63, 3.8) is 0 Å². The quantitative estimate of drug-likeness (QED) is 0.661. The summed E-state index contributed by atoms with van der Waals surface area (Å²) in [5.74, 6) is -0.0534. The van der Waals surface area contributed by atoms with E-state index in [1.165, 1.54) is 11.6 Å². The SMILES string of the molecule is Nc1ccc(CCCOc2cc(Br)ccc2F)cc1. The van der Waals surface area contributed by atoms with E-state index < -0.39 is 0 Å². The first kappa shape index (κ1) is 13.9. The van der Waals surface area contributed by atoms with Gasteiger partial charge in [-0.2, -0.15) is 0 Å². The number of aryl methyl sites for hydroxylation is 1. The maximum atomic E-state index is 13.4. The van der Waals surface area contributed by atoms with E-state index in [9.17, 15) is 4.39 Å². The number of nitrogens with two attached hydrogens (primary N) is 1. The minimum Gasteiger partial charge on any atom is -0.490 e. The summed E-state index contributed by atoms with van der Waals surface area (Å²) < 4.78 is 19.6. The van der Waals surface area contributed by atoms with Crippen molar-refractivity contribution in [3.05, 3.63) is 58.3 Å². The van der Waals surface area contributed by atoms with Gasteiger partial charge in [0.15, 0.2) is 11.6 Å². The second kappa shape index (κ2) is 6.57. The van der Waals surface area contributed by atoms with Crippen LogP contribution in [0.4, 0.5) is 10.1 Å². The smallest absolute Gasteiger partial charge is 0.165 e. The van der Waals surface area contributed by atoms with Gasteiger partial charge in [-0.25, -0.2) is 4.39 Å². The largest absolute Gasteiger partial charge is 0.490 e. The molecule has 2 N–H and O–H groups in total. The van der Waals surface area contributed by atoms with Crippen LogP contribution in [-0.2, 0) is 6.42 Å². The second-order valence-corrected chi connectivity index (χ2v) is 5.18. The summed E-state index contributed by atoms with van der Waals surface area (Å²) in [6.45, 7) is 0.484. The van der Waals surface area contributed by atoms with Crippen LogP contribution in [0.2, 0.25) is 0 Å². The van der Waals surface area contributed by atoms with Gasteiger partial charge < -0.3 is 10.5 Å². The molecule has 0 radical (unpaired) electrons. The molecule has 19 heavy (non-hydrogen) atoms. The first-order chi connectivity index (χ1) is 9.15. The Hall–Kier alpha value is -1.55. The van der Waals surface area contributed by atoms with Gasteiger partial charge in [0.2, 0.25) is 0 Å². The molecule has 0 aliphatic rings. The molecule has 2 rings (SSSR count). The van der Waals surface area contributed by atoms with Gasteiger partial charge in [0.05, 0.1) is 6.61 Å². The Morgan fingerprint density at radius 2 is 1.84 bits per heavy atom. The Morgan fingerprint density at radius 3 is 2.58 bits per heavy atom. The molecular weight excluding hydrogens is 309 g/mol. The lowest BCUT2D eigenvalue weighted by Crippen LogP contribution is -2.01. The third-order valence-electron chi connectivity index (χ3n) is 2.74. The van der Waals surface area contributed by atoms with Gasteiger partial charge in [-0.15, -0.1) is 0 Å². The molecule has 0 unspecified atom stereocenters. The minimum absolute atomic E-state index is 0.284. The predicted octanol–water partition coefficient (Wildman–Crippen LogP) is 4.18. The Kier molecular flexibility index (Phi) is 4.80. The molecule has 4 heteroatoms. The number of ether oxygens (including phenoxy) is 1. The van der Waals surface area contributed by atoms with Crippen LogP contribution in [0.3, 0.4) is 0 Å². The van der Waals surface area contributed by atoms with Crippen LogP contribution in [0.1, 0.15) is 12.0 Å². The summed E-state index contributed by atoms with van der Waals surface area (Å²) in [4.78, 5) is 0. The molecule has 100 valence electrons. The number of halogens is 2. The molecule has 0 amide bonds. The van der Waals surface area contributed by atoms with Gasteiger partial charge >= 0.3 is 0 Å². The van der Waals surface area contributed by atoms with E-state index in [0.29, 0.717) is 6.61 Å². The Morgan fingerprint density at radius 1 is 1.11 bits per heavy atom. The van der Waals surface area contributed by atoms with Crippen molar-refractivity contribution < 1.29 is 9.13 Å². The molecular formula is C15H15BrFNO. The minimum atomic E-state index is -0.337. The first-order valence-electron chi connectivity index (χ1n) is 6.07. The van der Waals surface area contributed by atoms with Crippen LogP contribution in [0, 0.1) is 5.82 Å². The predicted molar refractivity (Wildman–Crippen MR) is 78.8 cm³/mol. The summed E-state index contributed by atoms with van der Waals surface area (Å²) in [6, 6.07) is 12.4. The normalized spacial score (nSPS) is 10.4. The van der Waals surface area contributed by atoms with Gasteiger partial charge in [0.1, 0.15) is 0 Å². The summed E-state index contributed by atoms with van der Waals surface area (Å²) in [5.41, 5.74) is 7.58. The number of hydrogen-bond acceptors (Lipinski definition) is 2. The third-order valence-corrected chi connectivity index (χ3v) is 3.23. The van der Waals surface area contributed by atoms with E-state index in [2.05, 4.69) is 15.9 Å². The average Bonchev–Trinajstić information content (AvgIpc) is 2.40. The number of rotatable bonds is 5. The fourth-order valence-corrected chi connectivity index (χ4v) is 2.07. The monoisotopic (exact) mass is 323 g/mol. The zero-order valence-corrected chi connectivity index (χ0v) is 12.0. The second-order valence-electron chi connectivity index (χ2n) is 4.27. The van der Waals surface area contributed by atoms with Gasteiger partial charge in [-0.3, -0.25) is 0 Å². The van der Waals surface area contributed by atoms with E-state index in [0.717, 1.165) is 23.0 Å². The molecule has 0 aromatic heterocycles. The van der Waals surface area contributed by atoms with Gasteiger partial charge in [0.25, 0.3) is 0 Å². The number of hydrogen-bond donors (Lipinski definition) is 1. The molecule has 2 aromatic rings. The Balaban J connectivity index is 1.80. The van der Waals surface area contributed by atoms with Crippen LogP contribution in [0.5, 0.6) is 5.75 Å². The fourth-order valence-electron chi connectivity index (χ4n) is 1.73. The molecule has 0 fully saturated rings. The molecule has 0 spiro atoms. The van der Waals surface area contributed by atoms with Gasteiger partial charge in [0, 0.05) is 10.2 Å². The molecule has 0 atom stereocenters. The van der Waals surface area contributed by atoms with Crippen LogP contribution < -0.4 is 10.5 Å². The fraction of sp³-hybridized carbons (Fsp3) is 0.200. The standard InChI is InChI=1S/C15H15BrFNO/c16-12-5-8-14(17)15(10-12)19-9-1-2-11-3-6-13(18)7-4-11/h3-8,10H,1-2,9,18H2. The van der Waals surface area contributed by atoms with Crippen LogP contribution in [-0.4, -0.2) is 6.61 Å². The molecule has 2 aromatic carbocycles. The lowest BCUT2D eigenvalue weighted by Gasteiger charge is -2.07. The van der Waals surface area contributed by atoms with Crippen molar-refractivity contribution in [1.29, 1.82) is 0 Å². The first-order valence-corrected chi connectivity index (χ1v) is 6.87. The molecule has 0 saturated carbocycles. The van der Waals surface area contributed by atoms with Crippen LogP contribution in [0.25, 0.3) is 0 Å². The van der Waals surface area contributed by atoms with Crippen LogP contribution >= 0.6 is 15.9 Å². The molecule has 0 aliphatic carbocycles. The zero-order chi connectivity index (χ0) is 13.7. The number of anilines is 1. The Labute approximate surface area is 120 Å². The van der Waals surface area contributed by atoms with Gasteiger partial charge in [-0.1, -0.05) is 28.1 Å². The van der Waals surface area contributed by atoms with Crippen LogP contribution in [0.15, 0.2) is 46.9 Å². The number of benzene rings is 2. The maximum Gasteiger partial charge on any atom is 0.165 e. The third kappa shape index (κ3) is 4.24. The topological polar surface area (TPSA) is 35.2 Å². The maximum absolute atomic E-state index is 13.4. The molecule has 0 aliphatic heterocycles. The summed E-state index contributed by atoms with van der Waals surface area (Å²) in [6.07, 6.45) is 1.71. The van der Waals surface area contributed by atoms with Crippen molar-refractivity contribution in [2.45, 2.75) is 12.8 Å². The number of nitrogen functional groups attached to an aromatic ring is 1. The molecule has 2 nitrogen and oxygen atoms in total. The van der Waals surface area contributed by atoms with E-state index in [4.69, 9.17) is 10.5 Å². The van der Waals surface area contributed by atoms with E-state index in [-0.39, 0.29) is 11.6 Å². The van der Waals surface area contributed by atoms with E-state index in [1.54, 1.807) is 12.1 Å². The highest BCUT2D eigenvalue weighted by molar-refractivity contribution is 9.10. The van der Waals surface area contributed by atoms with Crippen molar-refractivity contribution in [3.8, 4) is 5.75 Å². The average molecular weight is 324 g/mol. The summed E-state index contributed by atoms with van der Waals surface area (Å²) in [5, 5.41) is 0. The lowest BCUT2D eigenvalue weighted by atomic mass is 10.1. The highest BCUT2D eigenvalue weighted by atomic mass is 79.9. The van der Waals surface area contributed by atoms with E-state index in [1.807, 2.05) is 24.3 Å². The Bertz CT molecular complexity index is 542. The lowest BCUT2D eigenvalue weighted by molar-refractivity contribution is 0.295. The molecule has 0 heterocycles. The van der Waals surface area contributed by atoms with Crippen molar-refractivity contribution in [2.75, 3.05) is 12.3 Å². The van der Waals surface area contributed by atoms with Crippen molar-refractivity contribution in [2.24, 2.45) is 0 Å². The van der Waals surface area contributed by atoms with E-state index >= 15 is 0 Å². The van der Waals surface area contributed by atoms with Crippen molar-refractivity contribution >= 4 is 21.6 Å². The highest BCUT2D eigenvalue weighted by Crippen LogP contribution is 2.22. The van der Waals surface area contributed by atoms with Gasteiger partial charge in [-0.05, 0) is 48.7 Å². The summed E-state index contributed by atoms with van der Waals surface area (Å²) in [7, 11) is 0.